The molecule has 1 aliphatic rings. The number of hydrogen-bond donors (Lipinski definition) is 1. The second kappa shape index (κ2) is 5.51. The molecule has 1 aromatic carbocycles. The summed E-state index contributed by atoms with van der Waals surface area (Å²) in [6, 6.07) is 6.16. The highest BCUT2D eigenvalue weighted by atomic mass is 16.6. The monoisotopic (exact) mass is 263 g/mol. The van der Waals surface area contributed by atoms with E-state index >= 15 is 0 Å². The molecule has 106 valence electrons. The molecule has 0 bridgehead atoms. The van der Waals surface area contributed by atoms with Gasteiger partial charge in [-0.25, -0.2) is 0 Å². The van der Waals surface area contributed by atoms with Gasteiger partial charge in [-0.3, -0.25) is 0 Å². The van der Waals surface area contributed by atoms with E-state index in [1.807, 2.05) is 6.92 Å². The van der Waals surface area contributed by atoms with Crippen LogP contribution < -0.4 is 10.5 Å². The van der Waals surface area contributed by atoms with Gasteiger partial charge in [0.25, 0.3) is 0 Å². The summed E-state index contributed by atoms with van der Waals surface area (Å²) in [5.74, 6) is 0.892. The fourth-order valence-electron chi connectivity index (χ4n) is 2.52. The molecule has 3 heteroatoms. The number of hydrogen-bond acceptors (Lipinski definition) is 3. The van der Waals surface area contributed by atoms with Gasteiger partial charge in [0, 0.05) is 11.6 Å². The summed E-state index contributed by atoms with van der Waals surface area (Å²) in [7, 11) is 0. The highest BCUT2D eigenvalue weighted by Gasteiger charge is 2.32. The van der Waals surface area contributed by atoms with Crippen LogP contribution in [0.5, 0.6) is 5.75 Å². The molecule has 0 saturated carbocycles. The molecule has 0 aliphatic carbocycles. The molecule has 2 unspecified atom stereocenters. The van der Waals surface area contributed by atoms with E-state index in [0.29, 0.717) is 6.61 Å². The zero-order valence-electron chi connectivity index (χ0n) is 12.4. The van der Waals surface area contributed by atoms with E-state index in [2.05, 4.69) is 39.0 Å². The Morgan fingerprint density at radius 2 is 2.21 bits per heavy atom. The Kier molecular flexibility index (Phi) is 4.16. The predicted octanol–water partition coefficient (Wildman–Crippen LogP) is 3.35. The molecule has 19 heavy (non-hydrogen) atoms. The summed E-state index contributed by atoms with van der Waals surface area (Å²) in [5.41, 5.74) is 8.22. The summed E-state index contributed by atoms with van der Waals surface area (Å²) in [4.78, 5) is 0. The molecule has 0 radical (unpaired) electrons. The van der Waals surface area contributed by atoms with Gasteiger partial charge in [-0.05, 0) is 52.2 Å². The lowest BCUT2D eigenvalue weighted by molar-refractivity contribution is -0.0328. The van der Waals surface area contributed by atoms with Gasteiger partial charge in [0.2, 0.25) is 0 Å². The van der Waals surface area contributed by atoms with E-state index in [1.165, 1.54) is 5.56 Å². The van der Waals surface area contributed by atoms with Crippen molar-refractivity contribution in [3.05, 3.63) is 29.3 Å². The maximum atomic E-state index is 5.98. The lowest BCUT2D eigenvalue weighted by Gasteiger charge is -2.20. The third-order valence-electron chi connectivity index (χ3n) is 3.64. The molecule has 1 heterocycles. The van der Waals surface area contributed by atoms with Crippen LogP contribution in [-0.4, -0.2) is 18.3 Å². The van der Waals surface area contributed by atoms with Gasteiger partial charge < -0.3 is 15.2 Å². The van der Waals surface area contributed by atoms with Crippen LogP contribution in [0.2, 0.25) is 0 Å². The first-order valence-electron chi connectivity index (χ1n) is 7.04. The van der Waals surface area contributed by atoms with Crippen molar-refractivity contribution in [2.75, 3.05) is 6.61 Å². The molecule has 2 rings (SSSR count). The predicted molar refractivity (Wildman–Crippen MR) is 77.5 cm³/mol. The molecule has 2 N–H and O–H groups in total. The van der Waals surface area contributed by atoms with E-state index in [9.17, 15) is 0 Å². The Morgan fingerprint density at radius 1 is 1.47 bits per heavy atom. The Hall–Kier alpha value is -1.06. The first kappa shape index (κ1) is 14.4. The summed E-state index contributed by atoms with van der Waals surface area (Å²) in [5, 5.41) is 0. The van der Waals surface area contributed by atoms with Crippen molar-refractivity contribution < 1.29 is 9.47 Å². The van der Waals surface area contributed by atoms with Crippen LogP contribution in [-0.2, 0) is 4.74 Å². The maximum Gasteiger partial charge on any atom is 0.124 e. The molecule has 0 aromatic heterocycles. The number of benzene rings is 1. The van der Waals surface area contributed by atoms with Gasteiger partial charge in [-0.15, -0.1) is 0 Å². The number of rotatable bonds is 4. The van der Waals surface area contributed by atoms with Crippen LogP contribution in [0, 0.1) is 6.92 Å². The third kappa shape index (κ3) is 3.71. The normalized spacial score (nSPS) is 23.3. The van der Waals surface area contributed by atoms with Crippen molar-refractivity contribution in [1.29, 1.82) is 0 Å². The third-order valence-corrected chi connectivity index (χ3v) is 3.64. The van der Waals surface area contributed by atoms with Crippen molar-refractivity contribution in [2.45, 2.75) is 58.3 Å². The summed E-state index contributed by atoms with van der Waals surface area (Å²) in [6.45, 7) is 8.91. The van der Waals surface area contributed by atoms with Gasteiger partial charge >= 0.3 is 0 Å². The minimum atomic E-state index is -0.0171. The second-order valence-corrected chi connectivity index (χ2v) is 6.18. The largest absolute Gasteiger partial charge is 0.491 e. The number of ether oxygens (including phenoxy) is 2. The van der Waals surface area contributed by atoms with Gasteiger partial charge in [0.05, 0.1) is 11.7 Å². The Labute approximate surface area is 116 Å². The Bertz CT molecular complexity index is 440. The fourth-order valence-corrected chi connectivity index (χ4v) is 2.52. The summed E-state index contributed by atoms with van der Waals surface area (Å²) >= 11 is 0. The van der Waals surface area contributed by atoms with Crippen LogP contribution in [0.1, 0.15) is 50.8 Å². The van der Waals surface area contributed by atoms with Crippen molar-refractivity contribution in [3.63, 3.8) is 0 Å². The van der Waals surface area contributed by atoms with Gasteiger partial charge in [-0.2, -0.15) is 0 Å². The van der Waals surface area contributed by atoms with Crippen molar-refractivity contribution in [2.24, 2.45) is 5.73 Å². The molecule has 1 aliphatic heterocycles. The molecular weight excluding hydrogens is 238 g/mol. The van der Waals surface area contributed by atoms with E-state index in [1.54, 1.807) is 0 Å². The molecule has 0 amide bonds. The van der Waals surface area contributed by atoms with Crippen LogP contribution in [0.4, 0.5) is 0 Å². The summed E-state index contributed by atoms with van der Waals surface area (Å²) in [6.07, 6.45) is 2.35. The van der Waals surface area contributed by atoms with E-state index in [4.69, 9.17) is 15.2 Å². The minimum Gasteiger partial charge on any atom is -0.491 e. The van der Waals surface area contributed by atoms with Crippen molar-refractivity contribution >= 4 is 0 Å². The van der Waals surface area contributed by atoms with Crippen LogP contribution in [0.3, 0.4) is 0 Å². The molecular formula is C16H25NO2. The van der Waals surface area contributed by atoms with Crippen LogP contribution in [0.25, 0.3) is 0 Å². The minimum absolute atomic E-state index is 0.00931. The smallest absolute Gasteiger partial charge is 0.124 e. The van der Waals surface area contributed by atoms with Crippen molar-refractivity contribution in [3.8, 4) is 5.75 Å². The maximum absolute atomic E-state index is 5.98. The lowest BCUT2D eigenvalue weighted by atomic mass is 10.1. The average molecular weight is 263 g/mol. The number of nitrogens with two attached hydrogens (primary N) is 1. The molecule has 0 spiro atoms. The SMILES string of the molecule is Cc1ccc(C(C)N)c(OCC2CCC(C)(C)O2)c1. The topological polar surface area (TPSA) is 44.5 Å². The highest BCUT2D eigenvalue weighted by Crippen LogP contribution is 2.31. The van der Waals surface area contributed by atoms with Gasteiger partial charge in [0.1, 0.15) is 12.4 Å². The Balaban J connectivity index is 2.01. The highest BCUT2D eigenvalue weighted by molar-refractivity contribution is 5.38. The zero-order valence-corrected chi connectivity index (χ0v) is 12.4. The zero-order chi connectivity index (χ0) is 14.0. The van der Waals surface area contributed by atoms with Gasteiger partial charge in [0.15, 0.2) is 0 Å². The quantitative estimate of drug-likeness (QED) is 0.906. The number of aryl methyl sites for hydroxylation is 1. The van der Waals surface area contributed by atoms with Crippen LogP contribution >= 0.6 is 0 Å². The summed E-state index contributed by atoms with van der Waals surface area (Å²) < 4.78 is 11.9. The second-order valence-electron chi connectivity index (χ2n) is 6.18. The average Bonchev–Trinajstić information content (AvgIpc) is 2.66. The fraction of sp³-hybridized carbons (Fsp3) is 0.625. The van der Waals surface area contributed by atoms with E-state index in [0.717, 1.165) is 24.2 Å². The van der Waals surface area contributed by atoms with Crippen molar-refractivity contribution in [1.82, 2.24) is 0 Å². The first-order chi connectivity index (χ1) is 8.87. The standard InChI is InChI=1S/C16H25NO2/c1-11-5-6-14(12(2)17)15(9-11)18-10-13-7-8-16(3,4)19-13/h5-6,9,12-13H,7-8,10,17H2,1-4H3. The molecule has 3 nitrogen and oxygen atoms in total. The first-order valence-corrected chi connectivity index (χ1v) is 7.04. The van der Waals surface area contributed by atoms with E-state index < -0.39 is 0 Å². The molecule has 1 saturated heterocycles. The Morgan fingerprint density at radius 3 is 2.79 bits per heavy atom. The van der Waals surface area contributed by atoms with E-state index in [-0.39, 0.29) is 17.7 Å². The van der Waals surface area contributed by atoms with Gasteiger partial charge in [-0.1, -0.05) is 12.1 Å². The molecule has 1 aromatic rings. The lowest BCUT2D eigenvalue weighted by Crippen LogP contribution is -2.24. The molecule has 1 fully saturated rings. The van der Waals surface area contributed by atoms with Crippen LogP contribution in [0.15, 0.2) is 18.2 Å². The molecule has 2 atom stereocenters.